The maximum atomic E-state index is 13.1. The molecule has 2 amide bonds. The number of thioether (sulfide) groups is 1. The number of nitrogens with zero attached hydrogens (tertiary/aromatic N) is 1. The second-order valence-corrected chi connectivity index (χ2v) is 8.14. The van der Waals surface area contributed by atoms with Crippen LogP contribution in [0, 0.1) is 5.82 Å². The molecule has 1 unspecified atom stereocenters. The first-order valence-electron chi connectivity index (χ1n) is 10.5. The molecule has 0 bridgehead atoms. The number of benzene rings is 2. The van der Waals surface area contributed by atoms with Crippen LogP contribution in [0.2, 0.25) is 0 Å². The minimum absolute atomic E-state index is 0.0449. The highest BCUT2D eigenvalue weighted by atomic mass is 32.2. The van der Waals surface area contributed by atoms with E-state index >= 15 is 0 Å². The lowest BCUT2D eigenvalue weighted by atomic mass is 10.1. The first-order chi connectivity index (χ1) is 14.5. The minimum Gasteiger partial charge on any atom is -0.354 e. The van der Waals surface area contributed by atoms with Crippen LogP contribution < -0.4 is 5.32 Å². The van der Waals surface area contributed by atoms with Crippen molar-refractivity contribution in [2.24, 2.45) is 0 Å². The van der Waals surface area contributed by atoms with E-state index < -0.39 is 6.04 Å². The molecule has 0 aliphatic rings. The van der Waals surface area contributed by atoms with Crippen molar-refractivity contribution < 1.29 is 14.0 Å². The van der Waals surface area contributed by atoms with Gasteiger partial charge in [-0.2, -0.15) is 0 Å². The average molecular weight is 431 g/mol. The Balaban J connectivity index is 2.02. The van der Waals surface area contributed by atoms with Gasteiger partial charge in [0.25, 0.3) is 0 Å². The molecule has 0 spiro atoms. The van der Waals surface area contributed by atoms with E-state index in [1.807, 2.05) is 44.2 Å². The molecule has 0 aromatic heterocycles. The van der Waals surface area contributed by atoms with Crippen LogP contribution in [-0.4, -0.2) is 41.6 Å². The molecule has 0 heterocycles. The first kappa shape index (κ1) is 23.9. The van der Waals surface area contributed by atoms with Gasteiger partial charge in [0.05, 0.1) is 5.75 Å². The Hall–Kier alpha value is -2.34. The second kappa shape index (κ2) is 13.1. The van der Waals surface area contributed by atoms with Gasteiger partial charge in [0.1, 0.15) is 11.9 Å². The summed E-state index contributed by atoms with van der Waals surface area (Å²) < 4.78 is 13.1. The van der Waals surface area contributed by atoms with Crippen molar-refractivity contribution in [3.05, 3.63) is 71.5 Å². The first-order valence-corrected chi connectivity index (χ1v) is 11.6. The zero-order chi connectivity index (χ0) is 21.8. The third-order valence-electron chi connectivity index (χ3n) is 4.83. The fourth-order valence-corrected chi connectivity index (χ4v) is 4.05. The fraction of sp³-hybridized carbons (Fsp3) is 0.417. The van der Waals surface area contributed by atoms with Gasteiger partial charge in [0, 0.05) is 18.8 Å². The molecule has 2 aromatic rings. The number of amides is 2. The molecule has 0 saturated carbocycles. The van der Waals surface area contributed by atoms with Crippen molar-refractivity contribution in [2.45, 2.75) is 44.9 Å². The Morgan fingerprint density at radius 3 is 2.37 bits per heavy atom. The van der Waals surface area contributed by atoms with Gasteiger partial charge in [0.15, 0.2) is 0 Å². The summed E-state index contributed by atoms with van der Waals surface area (Å²) in [4.78, 5) is 27.4. The number of hydrogen-bond acceptors (Lipinski definition) is 3. The van der Waals surface area contributed by atoms with E-state index in [-0.39, 0.29) is 23.4 Å². The van der Waals surface area contributed by atoms with Gasteiger partial charge in [-0.15, -0.1) is 11.8 Å². The van der Waals surface area contributed by atoms with Gasteiger partial charge in [-0.1, -0.05) is 56.3 Å². The van der Waals surface area contributed by atoms with E-state index in [4.69, 9.17) is 0 Å². The number of halogens is 1. The number of carbonyl (C=O) groups excluding carboxylic acids is 2. The van der Waals surface area contributed by atoms with Crippen LogP contribution in [0.1, 0.15) is 37.8 Å². The van der Waals surface area contributed by atoms with Gasteiger partial charge in [-0.3, -0.25) is 9.59 Å². The van der Waals surface area contributed by atoms with Crippen LogP contribution in [0.5, 0.6) is 0 Å². The Labute approximate surface area is 183 Å². The van der Waals surface area contributed by atoms with Crippen LogP contribution in [0.25, 0.3) is 0 Å². The van der Waals surface area contributed by atoms with Crippen molar-refractivity contribution >= 4 is 23.6 Å². The molecule has 1 atom stereocenters. The molecule has 2 aromatic carbocycles. The molecule has 162 valence electrons. The van der Waals surface area contributed by atoms with Crippen LogP contribution in [-0.2, 0) is 21.8 Å². The van der Waals surface area contributed by atoms with Crippen LogP contribution in [0.15, 0.2) is 54.6 Å². The van der Waals surface area contributed by atoms with E-state index in [0.717, 1.165) is 17.5 Å². The highest BCUT2D eigenvalue weighted by Gasteiger charge is 2.27. The lowest BCUT2D eigenvalue weighted by molar-refractivity contribution is -0.138. The summed E-state index contributed by atoms with van der Waals surface area (Å²) in [7, 11) is 0. The molecule has 4 nitrogen and oxygen atoms in total. The molecule has 0 radical (unpaired) electrons. The van der Waals surface area contributed by atoms with E-state index in [1.165, 1.54) is 23.9 Å². The molecule has 30 heavy (non-hydrogen) atoms. The summed E-state index contributed by atoms with van der Waals surface area (Å²) in [5, 5.41) is 2.93. The van der Waals surface area contributed by atoms with Gasteiger partial charge in [0.2, 0.25) is 11.8 Å². The highest BCUT2D eigenvalue weighted by molar-refractivity contribution is 7.99. The number of carbonyl (C=O) groups is 2. The fourth-order valence-electron chi connectivity index (χ4n) is 3.18. The minimum atomic E-state index is -0.473. The zero-order valence-corrected chi connectivity index (χ0v) is 18.6. The van der Waals surface area contributed by atoms with Crippen molar-refractivity contribution in [1.82, 2.24) is 10.2 Å². The molecule has 0 fully saturated rings. The lowest BCUT2D eigenvalue weighted by Crippen LogP contribution is -2.50. The predicted octanol–water partition coefficient (Wildman–Crippen LogP) is 4.44. The third kappa shape index (κ3) is 7.82. The Kier molecular flexibility index (Phi) is 10.4. The molecular weight excluding hydrogens is 399 g/mol. The molecule has 6 heteroatoms. The van der Waals surface area contributed by atoms with E-state index in [9.17, 15) is 14.0 Å². The number of nitrogens with one attached hydrogen (secondary N) is 1. The predicted molar refractivity (Wildman–Crippen MR) is 122 cm³/mol. The van der Waals surface area contributed by atoms with Crippen molar-refractivity contribution in [2.75, 3.05) is 18.8 Å². The average Bonchev–Trinajstić information content (AvgIpc) is 2.77. The maximum Gasteiger partial charge on any atom is 0.242 e. The SMILES string of the molecule is CCCNC(=O)C(CC)N(CCc1ccccc1)C(=O)CSCc1ccc(F)cc1. The standard InChI is InChI=1S/C24H31FN2O2S/c1-3-15-26-24(29)22(4-2)27(16-14-19-8-6-5-7-9-19)23(28)18-30-17-20-10-12-21(25)13-11-20/h5-13,22H,3-4,14-18H2,1-2H3,(H,26,29). The highest BCUT2D eigenvalue weighted by Crippen LogP contribution is 2.16. The summed E-state index contributed by atoms with van der Waals surface area (Å²) in [5.74, 6) is 0.498. The van der Waals surface area contributed by atoms with Crippen LogP contribution in [0.3, 0.4) is 0 Å². The van der Waals surface area contributed by atoms with Crippen molar-refractivity contribution in [1.29, 1.82) is 0 Å². The van der Waals surface area contributed by atoms with Crippen molar-refractivity contribution in [3.8, 4) is 0 Å². The topological polar surface area (TPSA) is 49.4 Å². The quantitative estimate of drug-likeness (QED) is 0.542. The van der Waals surface area contributed by atoms with E-state index in [0.29, 0.717) is 31.7 Å². The summed E-state index contributed by atoms with van der Waals surface area (Å²) in [6.45, 7) is 5.05. The summed E-state index contributed by atoms with van der Waals surface area (Å²) >= 11 is 1.48. The summed E-state index contributed by atoms with van der Waals surface area (Å²) in [6.07, 6.45) is 2.12. The second-order valence-electron chi connectivity index (χ2n) is 7.16. The Morgan fingerprint density at radius 2 is 1.73 bits per heavy atom. The maximum absolute atomic E-state index is 13.1. The largest absolute Gasteiger partial charge is 0.354 e. The normalized spacial score (nSPS) is 11.7. The Bertz CT molecular complexity index is 784. The van der Waals surface area contributed by atoms with E-state index in [1.54, 1.807) is 17.0 Å². The monoisotopic (exact) mass is 430 g/mol. The van der Waals surface area contributed by atoms with Crippen LogP contribution in [0.4, 0.5) is 4.39 Å². The van der Waals surface area contributed by atoms with Gasteiger partial charge < -0.3 is 10.2 Å². The van der Waals surface area contributed by atoms with E-state index in [2.05, 4.69) is 5.32 Å². The number of rotatable bonds is 12. The molecule has 0 saturated heterocycles. The molecule has 0 aliphatic heterocycles. The third-order valence-corrected chi connectivity index (χ3v) is 5.82. The molecular formula is C24H31FN2O2S. The Morgan fingerprint density at radius 1 is 1.03 bits per heavy atom. The molecule has 1 N–H and O–H groups in total. The van der Waals surface area contributed by atoms with Gasteiger partial charge in [-0.25, -0.2) is 4.39 Å². The summed E-state index contributed by atoms with van der Waals surface area (Å²) in [6, 6.07) is 15.8. The zero-order valence-electron chi connectivity index (χ0n) is 17.8. The smallest absolute Gasteiger partial charge is 0.242 e. The number of hydrogen-bond donors (Lipinski definition) is 1. The molecule has 2 rings (SSSR count). The summed E-state index contributed by atoms with van der Waals surface area (Å²) in [5.41, 5.74) is 2.11. The van der Waals surface area contributed by atoms with Gasteiger partial charge in [-0.05, 0) is 42.5 Å². The van der Waals surface area contributed by atoms with Crippen molar-refractivity contribution in [3.63, 3.8) is 0 Å². The van der Waals surface area contributed by atoms with Gasteiger partial charge >= 0.3 is 0 Å². The molecule has 0 aliphatic carbocycles. The van der Waals surface area contributed by atoms with Crippen LogP contribution >= 0.6 is 11.8 Å². The lowest BCUT2D eigenvalue weighted by Gasteiger charge is -2.30.